The van der Waals surface area contributed by atoms with E-state index in [-0.39, 0.29) is 0 Å². The molecule has 13 heavy (non-hydrogen) atoms. The van der Waals surface area contributed by atoms with Crippen LogP contribution < -0.4 is 0 Å². The summed E-state index contributed by atoms with van der Waals surface area (Å²) in [5.41, 5.74) is 0. The summed E-state index contributed by atoms with van der Waals surface area (Å²) in [5.74, 6) is 0. The molecular formula is C10H20O2Si. The molecule has 0 radical (unpaired) electrons. The maximum Gasteiger partial charge on any atom is 0.211 e. The Morgan fingerprint density at radius 1 is 1.23 bits per heavy atom. The minimum absolute atomic E-state index is 0.671. The molecule has 0 rings (SSSR count). The molecule has 0 heterocycles. The topological polar surface area (TPSA) is 18.5 Å². The Labute approximate surface area is 82.4 Å². The fraction of sp³-hybridized carbons (Fsp3) is 0.600. The van der Waals surface area contributed by atoms with Gasteiger partial charge in [-0.25, -0.2) is 0 Å². The third-order valence-corrected chi connectivity index (χ3v) is 3.66. The smallest absolute Gasteiger partial charge is 0.211 e. The summed E-state index contributed by atoms with van der Waals surface area (Å²) < 4.78 is 10.8. The van der Waals surface area contributed by atoms with Crippen LogP contribution in [0.1, 0.15) is 6.92 Å². The normalized spacial score (nSPS) is 13.2. The standard InChI is InChI=1S/C10H20O2Si/c1-5-6-7-8-9-12-10-13(3,4)11-2/h5-8H,9-10H2,1-4H3. The Bertz CT molecular complexity index is 174. The maximum atomic E-state index is 5.45. The first-order valence-electron chi connectivity index (χ1n) is 4.53. The third-order valence-electron chi connectivity index (χ3n) is 1.66. The van der Waals surface area contributed by atoms with Crippen LogP contribution in [0.4, 0.5) is 0 Å². The summed E-state index contributed by atoms with van der Waals surface area (Å²) in [5, 5.41) is 0. The van der Waals surface area contributed by atoms with Crippen molar-refractivity contribution < 1.29 is 9.16 Å². The lowest BCUT2D eigenvalue weighted by atomic mass is 10.4. The van der Waals surface area contributed by atoms with E-state index in [0.717, 1.165) is 6.23 Å². The average Bonchev–Trinajstić information content (AvgIpc) is 2.11. The van der Waals surface area contributed by atoms with Crippen LogP contribution >= 0.6 is 0 Å². The van der Waals surface area contributed by atoms with Crippen LogP contribution in [0, 0.1) is 0 Å². The van der Waals surface area contributed by atoms with E-state index in [0.29, 0.717) is 6.61 Å². The van der Waals surface area contributed by atoms with Gasteiger partial charge in [-0.2, -0.15) is 0 Å². The molecule has 0 aromatic heterocycles. The van der Waals surface area contributed by atoms with Crippen LogP contribution in [0.3, 0.4) is 0 Å². The first kappa shape index (κ1) is 12.6. The van der Waals surface area contributed by atoms with Gasteiger partial charge in [-0.15, -0.1) is 0 Å². The lowest BCUT2D eigenvalue weighted by Crippen LogP contribution is -2.35. The van der Waals surface area contributed by atoms with E-state index in [1.807, 2.05) is 31.2 Å². The second-order valence-electron chi connectivity index (χ2n) is 3.43. The molecule has 2 nitrogen and oxygen atoms in total. The zero-order valence-corrected chi connectivity index (χ0v) is 10.0. The largest absolute Gasteiger partial charge is 0.418 e. The molecule has 0 saturated carbocycles. The van der Waals surface area contributed by atoms with Crippen molar-refractivity contribution in [1.82, 2.24) is 0 Å². The van der Waals surface area contributed by atoms with Crippen molar-refractivity contribution in [2.75, 3.05) is 19.9 Å². The van der Waals surface area contributed by atoms with Crippen molar-refractivity contribution in [3.8, 4) is 0 Å². The van der Waals surface area contributed by atoms with Crippen molar-refractivity contribution in [2.24, 2.45) is 0 Å². The molecule has 0 saturated heterocycles. The number of hydrogen-bond donors (Lipinski definition) is 0. The summed E-state index contributed by atoms with van der Waals surface area (Å²) in [7, 11) is 0.235. The Morgan fingerprint density at radius 3 is 2.46 bits per heavy atom. The maximum absolute atomic E-state index is 5.45. The van der Waals surface area contributed by atoms with Crippen molar-refractivity contribution in [2.45, 2.75) is 20.0 Å². The van der Waals surface area contributed by atoms with Gasteiger partial charge in [-0.05, 0) is 20.0 Å². The van der Waals surface area contributed by atoms with Crippen molar-refractivity contribution >= 4 is 8.32 Å². The zero-order valence-electron chi connectivity index (χ0n) is 9.04. The number of ether oxygens (including phenoxy) is 1. The lowest BCUT2D eigenvalue weighted by Gasteiger charge is -2.18. The van der Waals surface area contributed by atoms with Gasteiger partial charge >= 0.3 is 0 Å². The summed E-state index contributed by atoms with van der Waals surface area (Å²) in [6, 6.07) is 0. The molecule has 0 aliphatic heterocycles. The van der Waals surface area contributed by atoms with Gasteiger partial charge in [0.1, 0.15) is 0 Å². The predicted octanol–water partition coefficient (Wildman–Crippen LogP) is 2.53. The molecule has 0 aromatic rings. The molecule has 0 bridgehead atoms. The van der Waals surface area contributed by atoms with Crippen molar-refractivity contribution in [1.29, 1.82) is 0 Å². The Hall–Kier alpha value is -0.383. The van der Waals surface area contributed by atoms with Crippen LogP contribution in [0.25, 0.3) is 0 Å². The predicted molar refractivity (Wildman–Crippen MR) is 59.3 cm³/mol. The molecule has 0 spiro atoms. The second-order valence-corrected chi connectivity index (χ2v) is 7.65. The van der Waals surface area contributed by atoms with Gasteiger partial charge in [-0.1, -0.05) is 24.3 Å². The Morgan fingerprint density at radius 2 is 1.92 bits per heavy atom. The molecule has 0 amide bonds. The Balaban J connectivity index is 3.45. The minimum Gasteiger partial charge on any atom is -0.418 e. The van der Waals surface area contributed by atoms with Gasteiger partial charge in [0, 0.05) is 7.11 Å². The molecular weight excluding hydrogens is 180 g/mol. The fourth-order valence-corrected chi connectivity index (χ4v) is 1.40. The summed E-state index contributed by atoms with van der Waals surface area (Å²) in [6.45, 7) is 6.95. The molecule has 0 aliphatic carbocycles. The van der Waals surface area contributed by atoms with Gasteiger partial charge < -0.3 is 9.16 Å². The highest BCUT2D eigenvalue weighted by Gasteiger charge is 2.19. The van der Waals surface area contributed by atoms with E-state index in [4.69, 9.17) is 9.16 Å². The molecule has 0 aliphatic rings. The molecule has 0 N–H and O–H groups in total. The minimum atomic E-state index is -1.52. The highest BCUT2D eigenvalue weighted by atomic mass is 28.4. The third kappa shape index (κ3) is 7.96. The number of allylic oxidation sites excluding steroid dienone is 3. The first-order chi connectivity index (χ1) is 6.12. The van der Waals surface area contributed by atoms with E-state index >= 15 is 0 Å². The zero-order chi connectivity index (χ0) is 10.2. The van der Waals surface area contributed by atoms with Crippen molar-refractivity contribution in [3.63, 3.8) is 0 Å². The Kier molecular flexibility index (Phi) is 6.85. The van der Waals surface area contributed by atoms with E-state index in [9.17, 15) is 0 Å². The van der Waals surface area contributed by atoms with Crippen LogP contribution in [-0.2, 0) is 9.16 Å². The quantitative estimate of drug-likeness (QED) is 0.373. The average molecular weight is 200 g/mol. The molecule has 0 fully saturated rings. The van der Waals surface area contributed by atoms with Crippen LogP contribution in [0.2, 0.25) is 13.1 Å². The molecule has 0 unspecified atom stereocenters. The van der Waals surface area contributed by atoms with Crippen LogP contribution in [0.5, 0.6) is 0 Å². The van der Waals surface area contributed by atoms with Gasteiger partial charge in [0.25, 0.3) is 0 Å². The van der Waals surface area contributed by atoms with Gasteiger partial charge in [0.2, 0.25) is 8.32 Å². The molecule has 76 valence electrons. The summed E-state index contributed by atoms with van der Waals surface area (Å²) in [4.78, 5) is 0. The molecule has 3 heteroatoms. The SMILES string of the molecule is CC=CC=CCOC[Si](C)(C)OC. The highest BCUT2D eigenvalue weighted by Crippen LogP contribution is 2.02. The highest BCUT2D eigenvalue weighted by molar-refractivity contribution is 6.71. The van der Waals surface area contributed by atoms with E-state index in [2.05, 4.69) is 13.1 Å². The number of rotatable bonds is 6. The van der Waals surface area contributed by atoms with E-state index < -0.39 is 8.32 Å². The monoisotopic (exact) mass is 200 g/mol. The van der Waals surface area contributed by atoms with Crippen LogP contribution in [-0.4, -0.2) is 28.3 Å². The molecule has 0 atom stereocenters. The van der Waals surface area contributed by atoms with E-state index in [1.54, 1.807) is 7.11 Å². The first-order valence-corrected chi connectivity index (χ1v) is 7.64. The summed E-state index contributed by atoms with van der Waals surface area (Å²) in [6.07, 6.45) is 8.72. The van der Waals surface area contributed by atoms with E-state index in [1.165, 1.54) is 0 Å². The van der Waals surface area contributed by atoms with Gasteiger partial charge in [0.15, 0.2) is 0 Å². The van der Waals surface area contributed by atoms with Crippen molar-refractivity contribution in [3.05, 3.63) is 24.3 Å². The van der Waals surface area contributed by atoms with Crippen LogP contribution in [0.15, 0.2) is 24.3 Å². The van der Waals surface area contributed by atoms with Gasteiger partial charge in [0.05, 0.1) is 12.8 Å². The number of hydrogen-bond acceptors (Lipinski definition) is 2. The molecule has 0 aromatic carbocycles. The summed E-state index contributed by atoms with van der Waals surface area (Å²) >= 11 is 0. The second kappa shape index (κ2) is 7.06. The fourth-order valence-electron chi connectivity index (χ4n) is 0.677. The van der Waals surface area contributed by atoms with Gasteiger partial charge in [-0.3, -0.25) is 0 Å². The lowest BCUT2D eigenvalue weighted by molar-refractivity contribution is 0.188.